The van der Waals surface area contributed by atoms with Crippen LogP contribution in [0, 0.1) is 0 Å². The Labute approximate surface area is 125 Å². The lowest BCUT2D eigenvalue weighted by molar-refractivity contribution is 0.168. The minimum atomic E-state index is -3.85. The van der Waals surface area contributed by atoms with Gasteiger partial charge in [-0.05, 0) is 0 Å². The first-order valence-electron chi connectivity index (χ1n) is 5.73. The van der Waals surface area contributed by atoms with Gasteiger partial charge in [-0.3, -0.25) is 4.40 Å². The Hall–Kier alpha value is -0.710. The van der Waals surface area contributed by atoms with Crippen molar-refractivity contribution in [1.82, 2.24) is 13.7 Å². The quantitative estimate of drug-likeness (QED) is 0.802. The Morgan fingerprint density at radius 3 is 2.95 bits per heavy atom. The van der Waals surface area contributed by atoms with Crippen molar-refractivity contribution in [2.24, 2.45) is 0 Å². The molecule has 2 heterocycles. The zero-order valence-electron chi connectivity index (χ0n) is 10.7. The molecule has 0 atom stereocenters. The number of aliphatic hydroxyl groups is 1. The van der Waals surface area contributed by atoms with Crippen LogP contribution in [0.1, 0.15) is 0 Å². The molecular formula is C10H14ClN3O4S2. The molecule has 0 amide bonds. The van der Waals surface area contributed by atoms with Crippen LogP contribution < -0.4 is 0 Å². The summed E-state index contributed by atoms with van der Waals surface area (Å²) in [6.45, 7) is 0.0427. The normalized spacial score (nSPS) is 12.6. The molecule has 1 N–H and O–H groups in total. The molecule has 0 bridgehead atoms. The smallest absolute Gasteiger partial charge is 0.262 e. The van der Waals surface area contributed by atoms with Crippen LogP contribution in [-0.2, 0) is 14.8 Å². The zero-order chi connectivity index (χ0) is 14.8. The molecule has 0 aliphatic carbocycles. The molecule has 0 spiro atoms. The van der Waals surface area contributed by atoms with Crippen LogP contribution in [-0.4, -0.2) is 60.6 Å². The summed E-state index contributed by atoms with van der Waals surface area (Å²) >= 11 is 7.24. The van der Waals surface area contributed by atoms with E-state index in [1.165, 1.54) is 22.8 Å². The summed E-state index contributed by atoms with van der Waals surface area (Å²) in [5, 5.41) is 10.6. The summed E-state index contributed by atoms with van der Waals surface area (Å²) in [7, 11) is -2.37. The topological polar surface area (TPSA) is 84.1 Å². The molecule has 0 saturated carbocycles. The molecule has 2 aromatic heterocycles. The van der Waals surface area contributed by atoms with E-state index in [9.17, 15) is 8.42 Å². The molecule has 20 heavy (non-hydrogen) atoms. The van der Waals surface area contributed by atoms with E-state index in [-0.39, 0.29) is 36.5 Å². The molecule has 0 unspecified atom stereocenters. The molecule has 0 radical (unpaired) electrons. The maximum atomic E-state index is 12.6. The summed E-state index contributed by atoms with van der Waals surface area (Å²) < 4.78 is 32.7. The van der Waals surface area contributed by atoms with Crippen molar-refractivity contribution >= 4 is 37.9 Å². The van der Waals surface area contributed by atoms with Gasteiger partial charge in [0.05, 0.1) is 13.2 Å². The van der Waals surface area contributed by atoms with Crippen molar-refractivity contribution in [3.05, 3.63) is 16.7 Å². The molecule has 0 aliphatic heterocycles. The van der Waals surface area contributed by atoms with Gasteiger partial charge in [-0.1, -0.05) is 11.6 Å². The number of hydrogen-bond donors (Lipinski definition) is 1. The number of aromatic nitrogens is 2. The van der Waals surface area contributed by atoms with Crippen LogP contribution >= 0.6 is 22.9 Å². The number of methoxy groups -OCH3 is 1. The number of fused-ring (bicyclic) bond motifs is 1. The highest BCUT2D eigenvalue weighted by Crippen LogP contribution is 2.27. The molecule has 2 rings (SSSR count). The maximum absolute atomic E-state index is 12.6. The second-order valence-corrected chi connectivity index (χ2v) is 6.97. The number of imidazole rings is 1. The number of rotatable bonds is 7. The predicted molar refractivity (Wildman–Crippen MR) is 75.8 cm³/mol. The first-order valence-corrected chi connectivity index (χ1v) is 8.43. The van der Waals surface area contributed by atoms with Crippen LogP contribution in [0.4, 0.5) is 0 Å². The van der Waals surface area contributed by atoms with E-state index in [0.29, 0.717) is 4.96 Å². The van der Waals surface area contributed by atoms with Crippen LogP contribution in [0.5, 0.6) is 0 Å². The standard InChI is InChI=1S/C10H14ClN3O4S2/c1-18-6-3-13(2-5-15)20(16,17)9-8(11)12-10-14(9)4-7-19-10/h4,7,15H,2-3,5-6H2,1H3. The number of sulfonamides is 1. The lowest BCUT2D eigenvalue weighted by Gasteiger charge is -2.20. The van der Waals surface area contributed by atoms with Gasteiger partial charge >= 0.3 is 0 Å². The van der Waals surface area contributed by atoms with E-state index in [4.69, 9.17) is 21.4 Å². The van der Waals surface area contributed by atoms with Gasteiger partial charge in [-0.2, -0.15) is 4.31 Å². The van der Waals surface area contributed by atoms with E-state index in [1.807, 2.05) is 0 Å². The molecule has 0 aliphatic rings. The van der Waals surface area contributed by atoms with Crippen LogP contribution in [0.25, 0.3) is 4.96 Å². The molecule has 2 aromatic rings. The number of nitrogens with zero attached hydrogens (tertiary/aromatic N) is 3. The Morgan fingerprint density at radius 2 is 2.30 bits per heavy atom. The fourth-order valence-electron chi connectivity index (χ4n) is 1.75. The van der Waals surface area contributed by atoms with E-state index in [1.54, 1.807) is 11.6 Å². The van der Waals surface area contributed by atoms with Crippen molar-refractivity contribution in [2.45, 2.75) is 5.03 Å². The van der Waals surface area contributed by atoms with Gasteiger partial charge in [0, 0.05) is 31.8 Å². The van der Waals surface area contributed by atoms with Gasteiger partial charge in [0.25, 0.3) is 10.0 Å². The van der Waals surface area contributed by atoms with Crippen molar-refractivity contribution in [1.29, 1.82) is 0 Å². The third kappa shape index (κ3) is 2.83. The average Bonchev–Trinajstić information content (AvgIpc) is 2.93. The minimum absolute atomic E-state index is 0.0284. The first-order chi connectivity index (χ1) is 9.52. The SMILES string of the molecule is COCCN(CCO)S(=O)(=O)c1c(Cl)nc2sccn12. The monoisotopic (exact) mass is 339 g/mol. The summed E-state index contributed by atoms with van der Waals surface area (Å²) in [6.07, 6.45) is 1.60. The minimum Gasteiger partial charge on any atom is -0.395 e. The fraction of sp³-hybridized carbons (Fsp3) is 0.500. The zero-order valence-corrected chi connectivity index (χ0v) is 13.1. The van der Waals surface area contributed by atoms with E-state index in [2.05, 4.69) is 4.98 Å². The fourth-order valence-corrected chi connectivity index (χ4v) is 4.57. The highest BCUT2D eigenvalue weighted by atomic mass is 35.5. The van der Waals surface area contributed by atoms with Crippen LogP contribution in [0.3, 0.4) is 0 Å². The summed E-state index contributed by atoms with van der Waals surface area (Å²) in [6, 6.07) is 0. The van der Waals surface area contributed by atoms with Gasteiger partial charge in [0.2, 0.25) is 0 Å². The van der Waals surface area contributed by atoms with Gasteiger partial charge in [0.15, 0.2) is 15.1 Å². The number of aliphatic hydroxyl groups excluding tert-OH is 1. The van der Waals surface area contributed by atoms with Crippen LogP contribution in [0.2, 0.25) is 5.15 Å². The van der Waals surface area contributed by atoms with Crippen molar-refractivity contribution in [3.8, 4) is 0 Å². The Morgan fingerprint density at radius 1 is 1.55 bits per heavy atom. The number of halogens is 1. The van der Waals surface area contributed by atoms with E-state index in [0.717, 1.165) is 4.31 Å². The molecule has 7 nitrogen and oxygen atoms in total. The third-order valence-electron chi connectivity index (χ3n) is 2.66. The number of ether oxygens (including phenoxy) is 1. The van der Waals surface area contributed by atoms with Crippen molar-refractivity contribution in [2.75, 3.05) is 33.4 Å². The van der Waals surface area contributed by atoms with Crippen molar-refractivity contribution in [3.63, 3.8) is 0 Å². The third-order valence-corrected chi connectivity index (χ3v) is 5.71. The Kier molecular flexibility index (Phi) is 4.99. The van der Waals surface area contributed by atoms with Gasteiger partial charge in [-0.15, -0.1) is 11.3 Å². The molecule has 0 fully saturated rings. The van der Waals surface area contributed by atoms with E-state index >= 15 is 0 Å². The lowest BCUT2D eigenvalue weighted by atomic mass is 10.6. The second-order valence-electron chi connectivity index (χ2n) is 3.88. The van der Waals surface area contributed by atoms with Crippen LogP contribution in [0.15, 0.2) is 16.6 Å². The largest absolute Gasteiger partial charge is 0.395 e. The van der Waals surface area contributed by atoms with Crippen molar-refractivity contribution < 1.29 is 18.3 Å². The molecular weight excluding hydrogens is 326 g/mol. The number of hydrogen-bond acceptors (Lipinski definition) is 6. The first kappa shape index (κ1) is 15.7. The van der Waals surface area contributed by atoms with E-state index < -0.39 is 10.0 Å². The lowest BCUT2D eigenvalue weighted by Crippen LogP contribution is -2.36. The van der Waals surface area contributed by atoms with Gasteiger partial charge in [0.1, 0.15) is 0 Å². The second kappa shape index (κ2) is 6.37. The molecule has 0 saturated heterocycles. The maximum Gasteiger partial charge on any atom is 0.262 e. The Bertz CT molecular complexity index is 682. The summed E-state index contributed by atoms with van der Waals surface area (Å²) in [5.74, 6) is 0. The van der Waals surface area contributed by atoms with Gasteiger partial charge < -0.3 is 9.84 Å². The summed E-state index contributed by atoms with van der Waals surface area (Å²) in [4.78, 5) is 4.51. The highest BCUT2D eigenvalue weighted by molar-refractivity contribution is 7.89. The predicted octanol–water partition coefficient (Wildman–Crippen LogP) is 0.679. The Balaban J connectivity index is 2.45. The van der Waals surface area contributed by atoms with Gasteiger partial charge in [-0.25, -0.2) is 13.4 Å². The average molecular weight is 340 g/mol. The molecule has 112 valence electrons. The highest BCUT2D eigenvalue weighted by Gasteiger charge is 2.31. The number of thiazole rings is 1. The molecule has 0 aromatic carbocycles. The summed E-state index contributed by atoms with van der Waals surface area (Å²) in [5.41, 5.74) is 0. The molecule has 10 heteroatoms.